The summed E-state index contributed by atoms with van der Waals surface area (Å²) in [7, 11) is 0. The van der Waals surface area contributed by atoms with Crippen LogP contribution >= 0.6 is 27.7 Å². The van der Waals surface area contributed by atoms with Gasteiger partial charge >= 0.3 is 0 Å². The second-order valence-corrected chi connectivity index (χ2v) is 5.14. The fourth-order valence-electron chi connectivity index (χ4n) is 1.48. The van der Waals surface area contributed by atoms with Gasteiger partial charge in [-0.25, -0.2) is 4.98 Å². The quantitative estimate of drug-likeness (QED) is 0.873. The minimum Gasteiger partial charge on any atom is -0.321 e. The molecule has 0 saturated heterocycles. The van der Waals surface area contributed by atoms with Crippen LogP contribution in [0.15, 0.2) is 52.1 Å². The summed E-state index contributed by atoms with van der Waals surface area (Å²) in [5, 5.41) is 3.59. The Hall–Kier alpha value is -1.33. The number of rotatable bonds is 3. The number of carbonyl (C=O) groups is 1. The number of pyridine rings is 1. The molecule has 3 nitrogen and oxygen atoms in total. The molecule has 18 heavy (non-hydrogen) atoms. The van der Waals surface area contributed by atoms with E-state index < -0.39 is 0 Å². The third-order valence-corrected chi connectivity index (χ3v) is 3.73. The van der Waals surface area contributed by atoms with Gasteiger partial charge in [-0.15, -0.1) is 11.8 Å². The Morgan fingerprint density at radius 2 is 2.06 bits per heavy atom. The van der Waals surface area contributed by atoms with Crippen molar-refractivity contribution in [3.8, 4) is 0 Å². The predicted octanol–water partition coefficient (Wildman–Crippen LogP) is 3.82. The number of nitrogens with one attached hydrogen (secondary N) is 1. The van der Waals surface area contributed by atoms with Gasteiger partial charge < -0.3 is 5.32 Å². The lowest BCUT2D eigenvalue weighted by atomic mass is 10.2. The maximum atomic E-state index is 12.2. The van der Waals surface area contributed by atoms with Gasteiger partial charge in [-0.3, -0.25) is 4.79 Å². The molecule has 0 aliphatic carbocycles. The van der Waals surface area contributed by atoms with Crippen LogP contribution < -0.4 is 5.32 Å². The molecule has 1 aromatic carbocycles. The molecular weight excluding hydrogens is 312 g/mol. The number of anilines is 1. The molecule has 1 N–H and O–H groups in total. The molecule has 92 valence electrons. The molecule has 0 aliphatic heterocycles. The first-order valence-electron chi connectivity index (χ1n) is 5.27. The van der Waals surface area contributed by atoms with Crippen molar-refractivity contribution in [2.75, 3.05) is 11.6 Å². The molecule has 0 bridgehead atoms. The Morgan fingerprint density at radius 1 is 1.28 bits per heavy atom. The van der Waals surface area contributed by atoms with Crippen LogP contribution in [0.1, 0.15) is 10.4 Å². The molecule has 0 unspecified atom stereocenters. The predicted molar refractivity (Wildman–Crippen MR) is 78.1 cm³/mol. The van der Waals surface area contributed by atoms with E-state index in [9.17, 15) is 4.79 Å². The second kappa shape index (κ2) is 6.02. The van der Waals surface area contributed by atoms with Gasteiger partial charge in [-0.2, -0.15) is 0 Å². The molecule has 2 aromatic rings. The molecule has 5 heteroatoms. The molecule has 1 heterocycles. The lowest BCUT2D eigenvalue weighted by Crippen LogP contribution is -2.13. The summed E-state index contributed by atoms with van der Waals surface area (Å²) in [5.41, 5.74) is 1.33. The number of carbonyl (C=O) groups excluding carboxylic acids is 1. The van der Waals surface area contributed by atoms with Crippen molar-refractivity contribution in [1.82, 2.24) is 4.98 Å². The van der Waals surface area contributed by atoms with Crippen molar-refractivity contribution in [3.63, 3.8) is 0 Å². The van der Waals surface area contributed by atoms with Crippen LogP contribution in [0.3, 0.4) is 0 Å². The highest BCUT2D eigenvalue weighted by Crippen LogP contribution is 2.23. The van der Waals surface area contributed by atoms with E-state index in [0.29, 0.717) is 5.56 Å². The average molecular weight is 323 g/mol. The monoisotopic (exact) mass is 322 g/mol. The third kappa shape index (κ3) is 2.91. The molecule has 1 amide bonds. The molecule has 2 rings (SSSR count). The summed E-state index contributed by atoms with van der Waals surface area (Å²) in [6.07, 6.45) is 3.58. The van der Waals surface area contributed by atoms with Gasteiger partial charge in [-0.05, 0) is 46.5 Å². The lowest BCUT2D eigenvalue weighted by Gasteiger charge is -2.08. The standard InChI is InChI=1S/C13H11BrN2OS/c1-18-13-9(5-4-8-15-13)12(17)16-11-7-3-2-6-10(11)14/h2-8H,1H3,(H,16,17). The van der Waals surface area contributed by atoms with Gasteiger partial charge in [0.2, 0.25) is 0 Å². The number of amides is 1. The highest BCUT2D eigenvalue weighted by Gasteiger charge is 2.12. The van der Waals surface area contributed by atoms with Gasteiger partial charge in [0.1, 0.15) is 5.03 Å². The molecule has 0 aliphatic rings. The summed E-state index contributed by atoms with van der Waals surface area (Å²) in [5.74, 6) is -0.153. The van der Waals surface area contributed by atoms with Crippen LogP contribution in [-0.4, -0.2) is 17.1 Å². The van der Waals surface area contributed by atoms with Crippen LogP contribution in [0.4, 0.5) is 5.69 Å². The van der Waals surface area contributed by atoms with E-state index in [1.54, 1.807) is 18.3 Å². The van der Waals surface area contributed by atoms with Crippen LogP contribution in [0.25, 0.3) is 0 Å². The van der Waals surface area contributed by atoms with Crippen LogP contribution in [0.2, 0.25) is 0 Å². The number of thioether (sulfide) groups is 1. The summed E-state index contributed by atoms with van der Waals surface area (Å²) < 4.78 is 0.855. The van der Waals surface area contributed by atoms with Gasteiger partial charge in [0.05, 0.1) is 11.3 Å². The first-order chi connectivity index (χ1) is 8.72. The van der Waals surface area contributed by atoms with E-state index in [1.807, 2.05) is 30.5 Å². The zero-order valence-corrected chi connectivity index (χ0v) is 12.1. The van der Waals surface area contributed by atoms with Crippen molar-refractivity contribution >= 4 is 39.3 Å². The van der Waals surface area contributed by atoms with Crippen molar-refractivity contribution in [2.24, 2.45) is 0 Å². The maximum absolute atomic E-state index is 12.2. The van der Waals surface area contributed by atoms with Crippen molar-refractivity contribution in [2.45, 2.75) is 5.03 Å². The smallest absolute Gasteiger partial charge is 0.258 e. The second-order valence-electron chi connectivity index (χ2n) is 3.49. The Labute approximate surface area is 118 Å². The summed E-state index contributed by atoms with van der Waals surface area (Å²) in [4.78, 5) is 16.3. The highest BCUT2D eigenvalue weighted by atomic mass is 79.9. The van der Waals surface area contributed by atoms with E-state index in [1.165, 1.54) is 11.8 Å². The Kier molecular flexibility index (Phi) is 4.38. The van der Waals surface area contributed by atoms with Crippen LogP contribution in [0.5, 0.6) is 0 Å². The zero-order chi connectivity index (χ0) is 13.0. The fourth-order valence-corrected chi connectivity index (χ4v) is 2.41. The first kappa shape index (κ1) is 13.1. The summed E-state index contributed by atoms with van der Waals surface area (Å²) >= 11 is 4.85. The van der Waals surface area contributed by atoms with Gasteiger partial charge in [0.15, 0.2) is 0 Å². The Balaban J connectivity index is 2.25. The number of aromatic nitrogens is 1. The van der Waals surface area contributed by atoms with E-state index >= 15 is 0 Å². The minimum atomic E-state index is -0.153. The van der Waals surface area contributed by atoms with Gasteiger partial charge in [0.25, 0.3) is 5.91 Å². The molecule has 0 fully saturated rings. The largest absolute Gasteiger partial charge is 0.321 e. The fraction of sp³-hybridized carbons (Fsp3) is 0.0769. The van der Waals surface area contributed by atoms with Gasteiger partial charge in [0, 0.05) is 10.7 Å². The molecule has 0 radical (unpaired) electrons. The molecule has 0 saturated carbocycles. The number of nitrogens with zero attached hydrogens (tertiary/aromatic N) is 1. The average Bonchev–Trinajstić information content (AvgIpc) is 2.41. The number of halogens is 1. The highest BCUT2D eigenvalue weighted by molar-refractivity contribution is 9.10. The zero-order valence-electron chi connectivity index (χ0n) is 9.68. The Bertz CT molecular complexity index is 574. The number of para-hydroxylation sites is 1. The normalized spacial score (nSPS) is 10.1. The van der Waals surface area contributed by atoms with Gasteiger partial charge in [-0.1, -0.05) is 12.1 Å². The van der Waals surface area contributed by atoms with Crippen LogP contribution in [0, 0.1) is 0 Å². The maximum Gasteiger partial charge on any atom is 0.258 e. The SMILES string of the molecule is CSc1ncccc1C(=O)Nc1ccccc1Br. The van der Waals surface area contributed by atoms with Crippen molar-refractivity contribution in [1.29, 1.82) is 0 Å². The Morgan fingerprint density at radius 3 is 2.78 bits per heavy atom. The topological polar surface area (TPSA) is 42.0 Å². The first-order valence-corrected chi connectivity index (χ1v) is 7.29. The number of benzene rings is 1. The number of hydrogen-bond acceptors (Lipinski definition) is 3. The molecular formula is C13H11BrN2OS. The molecule has 0 spiro atoms. The summed E-state index contributed by atoms with van der Waals surface area (Å²) in [6.45, 7) is 0. The minimum absolute atomic E-state index is 0.153. The summed E-state index contributed by atoms with van der Waals surface area (Å²) in [6, 6.07) is 11.0. The number of hydrogen-bond donors (Lipinski definition) is 1. The van der Waals surface area contributed by atoms with E-state index in [2.05, 4.69) is 26.2 Å². The molecule has 0 atom stereocenters. The molecule has 1 aromatic heterocycles. The third-order valence-electron chi connectivity index (χ3n) is 2.33. The van der Waals surface area contributed by atoms with Crippen LogP contribution in [-0.2, 0) is 0 Å². The lowest BCUT2D eigenvalue weighted by molar-refractivity contribution is 0.102. The van der Waals surface area contributed by atoms with E-state index in [4.69, 9.17) is 0 Å². The van der Waals surface area contributed by atoms with Crippen molar-refractivity contribution < 1.29 is 4.79 Å². The van der Waals surface area contributed by atoms with Crippen molar-refractivity contribution in [3.05, 3.63) is 52.6 Å². The van der Waals surface area contributed by atoms with E-state index in [-0.39, 0.29) is 5.91 Å². The van der Waals surface area contributed by atoms with E-state index in [0.717, 1.165) is 15.2 Å².